The summed E-state index contributed by atoms with van der Waals surface area (Å²) in [7, 11) is -3.57. The predicted molar refractivity (Wildman–Crippen MR) is 78.8 cm³/mol. The Morgan fingerprint density at radius 3 is 2.59 bits per heavy atom. The number of nitrogen functional groups attached to an aromatic ring is 1. The van der Waals surface area contributed by atoms with Crippen molar-refractivity contribution in [2.45, 2.75) is 29.4 Å². The normalized spacial score (nSPS) is 18.0. The Hall–Kier alpha value is -2.15. The molecule has 0 spiro atoms. The lowest BCUT2D eigenvalue weighted by molar-refractivity contribution is 0.428. The number of aryl methyl sites for hydroxylation is 1. The zero-order chi connectivity index (χ0) is 15.9. The van der Waals surface area contributed by atoms with E-state index in [0.717, 1.165) is 12.1 Å². The van der Waals surface area contributed by atoms with Gasteiger partial charge in [-0.1, -0.05) is 0 Å². The Balaban J connectivity index is 1.95. The number of hydrogen-bond acceptors (Lipinski definition) is 5. The maximum atomic E-state index is 12.9. The van der Waals surface area contributed by atoms with E-state index in [1.807, 2.05) is 0 Å². The van der Waals surface area contributed by atoms with Crippen LogP contribution in [0.3, 0.4) is 0 Å². The van der Waals surface area contributed by atoms with Crippen LogP contribution < -0.4 is 11.4 Å². The molecule has 1 atom stereocenters. The summed E-state index contributed by atoms with van der Waals surface area (Å²) in [6.45, 7) is 0. The second-order valence-corrected chi connectivity index (χ2v) is 7.53. The molecule has 2 N–H and O–H groups in total. The van der Waals surface area contributed by atoms with Gasteiger partial charge in [0.15, 0.2) is 9.84 Å². The number of halogens is 1. The largest absolute Gasteiger partial charge is 0.426 e. The van der Waals surface area contributed by atoms with Gasteiger partial charge in [0.25, 0.3) is 0 Å². The maximum absolute atomic E-state index is 12.9. The van der Waals surface area contributed by atoms with Gasteiger partial charge in [-0.25, -0.2) is 17.6 Å². The molecule has 1 aromatic heterocycles. The lowest BCUT2D eigenvalue weighted by Gasteiger charge is -2.23. The first-order chi connectivity index (χ1) is 10.4. The highest BCUT2D eigenvalue weighted by Crippen LogP contribution is 2.29. The fourth-order valence-electron chi connectivity index (χ4n) is 2.67. The van der Waals surface area contributed by atoms with Crippen LogP contribution in [0.1, 0.15) is 17.7 Å². The predicted octanol–water partition coefficient (Wildman–Crippen LogP) is 1.69. The number of anilines is 1. The second-order valence-electron chi connectivity index (χ2n) is 5.30. The number of benzene rings is 1. The summed E-state index contributed by atoms with van der Waals surface area (Å²) >= 11 is 0. The fraction of sp³-hybridized carbons (Fsp3) is 0.267. The Bertz CT molecular complexity index is 871. The van der Waals surface area contributed by atoms with Crippen molar-refractivity contribution in [2.75, 3.05) is 5.73 Å². The van der Waals surface area contributed by atoms with Gasteiger partial charge in [0.05, 0.1) is 10.1 Å². The molecule has 2 aromatic rings. The minimum absolute atomic E-state index is 0.0291. The summed E-state index contributed by atoms with van der Waals surface area (Å²) in [6, 6.07) is 6.26. The van der Waals surface area contributed by atoms with Gasteiger partial charge >= 0.3 is 5.63 Å². The molecule has 0 radical (unpaired) electrons. The second kappa shape index (κ2) is 5.24. The average molecular weight is 323 g/mol. The highest BCUT2D eigenvalue weighted by Gasteiger charge is 2.32. The molecule has 1 unspecified atom stereocenters. The van der Waals surface area contributed by atoms with Crippen LogP contribution in [0, 0.1) is 5.82 Å². The minimum Gasteiger partial charge on any atom is -0.426 e. The Labute approximate surface area is 126 Å². The van der Waals surface area contributed by atoms with E-state index in [2.05, 4.69) is 0 Å². The molecule has 0 amide bonds. The van der Waals surface area contributed by atoms with Crippen LogP contribution in [0.4, 0.5) is 10.1 Å². The van der Waals surface area contributed by atoms with Gasteiger partial charge in [-0.3, -0.25) is 0 Å². The SMILES string of the molecule is Nc1cc2c(oc1=O)CCC(S(=O)(=O)c1ccc(F)cc1)C2. The van der Waals surface area contributed by atoms with Crippen molar-refractivity contribution in [3.05, 3.63) is 57.9 Å². The zero-order valence-corrected chi connectivity index (χ0v) is 12.4. The highest BCUT2D eigenvalue weighted by molar-refractivity contribution is 7.92. The quantitative estimate of drug-likeness (QED) is 0.849. The van der Waals surface area contributed by atoms with E-state index in [1.165, 1.54) is 18.2 Å². The first kappa shape index (κ1) is 14.8. The minimum atomic E-state index is -3.57. The van der Waals surface area contributed by atoms with Crippen LogP contribution in [-0.2, 0) is 22.7 Å². The molecule has 7 heteroatoms. The van der Waals surface area contributed by atoms with E-state index in [-0.39, 0.29) is 17.0 Å². The Morgan fingerprint density at radius 1 is 1.23 bits per heavy atom. The molecule has 116 valence electrons. The van der Waals surface area contributed by atoms with E-state index in [9.17, 15) is 17.6 Å². The van der Waals surface area contributed by atoms with Gasteiger partial charge in [-0.15, -0.1) is 0 Å². The molecular formula is C15H14FNO4S. The number of fused-ring (bicyclic) bond motifs is 1. The summed E-state index contributed by atoms with van der Waals surface area (Å²) in [5.41, 5.74) is 5.54. The summed E-state index contributed by atoms with van der Waals surface area (Å²) in [4.78, 5) is 11.5. The topological polar surface area (TPSA) is 90.4 Å². The Morgan fingerprint density at radius 2 is 1.91 bits per heavy atom. The van der Waals surface area contributed by atoms with E-state index in [1.54, 1.807) is 0 Å². The van der Waals surface area contributed by atoms with Gasteiger partial charge in [0.2, 0.25) is 0 Å². The summed E-state index contributed by atoms with van der Waals surface area (Å²) in [5.74, 6) is 0.00671. The number of hydrogen-bond donors (Lipinski definition) is 1. The van der Waals surface area contributed by atoms with Gasteiger partial charge in [0.1, 0.15) is 17.3 Å². The third-order valence-electron chi connectivity index (χ3n) is 3.86. The molecule has 0 fully saturated rings. The average Bonchev–Trinajstić information content (AvgIpc) is 2.48. The monoisotopic (exact) mass is 323 g/mol. The third kappa shape index (κ3) is 2.52. The van der Waals surface area contributed by atoms with Crippen molar-refractivity contribution in [2.24, 2.45) is 0 Å². The number of nitrogens with two attached hydrogens (primary N) is 1. The molecule has 5 nitrogen and oxygen atoms in total. The zero-order valence-electron chi connectivity index (χ0n) is 11.6. The lowest BCUT2D eigenvalue weighted by atomic mass is 9.97. The molecule has 1 aromatic carbocycles. The lowest BCUT2D eigenvalue weighted by Crippen LogP contribution is -2.29. The molecule has 1 aliphatic rings. The van der Waals surface area contributed by atoms with E-state index >= 15 is 0 Å². The summed E-state index contributed by atoms with van der Waals surface area (Å²) in [6.07, 6.45) is 0.929. The van der Waals surface area contributed by atoms with Crippen molar-refractivity contribution in [1.29, 1.82) is 0 Å². The van der Waals surface area contributed by atoms with Crippen LogP contribution in [0.2, 0.25) is 0 Å². The first-order valence-electron chi connectivity index (χ1n) is 6.79. The molecule has 22 heavy (non-hydrogen) atoms. The van der Waals surface area contributed by atoms with Crippen molar-refractivity contribution < 1.29 is 17.2 Å². The Kier molecular flexibility index (Phi) is 3.52. The van der Waals surface area contributed by atoms with Crippen LogP contribution >= 0.6 is 0 Å². The van der Waals surface area contributed by atoms with Crippen LogP contribution in [0.5, 0.6) is 0 Å². The molecule has 1 aliphatic carbocycles. The van der Waals surface area contributed by atoms with Crippen LogP contribution in [0.15, 0.2) is 44.4 Å². The standard InChI is InChI=1S/C15H14FNO4S/c16-10-1-3-11(4-2-10)22(19,20)12-5-6-14-9(7-12)8-13(17)15(18)21-14/h1-4,8,12H,5-7,17H2. The molecule has 0 aliphatic heterocycles. The number of sulfone groups is 1. The molecule has 1 heterocycles. The number of rotatable bonds is 2. The molecule has 3 rings (SSSR count). The third-order valence-corrected chi connectivity index (χ3v) is 6.07. The summed E-state index contributed by atoms with van der Waals surface area (Å²) in [5, 5.41) is -0.641. The van der Waals surface area contributed by atoms with Gasteiger partial charge in [0, 0.05) is 6.42 Å². The van der Waals surface area contributed by atoms with E-state index < -0.39 is 26.5 Å². The van der Waals surface area contributed by atoms with E-state index in [0.29, 0.717) is 24.2 Å². The highest BCUT2D eigenvalue weighted by atomic mass is 32.2. The molecule has 0 bridgehead atoms. The fourth-order valence-corrected chi connectivity index (χ4v) is 4.40. The van der Waals surface area contributed by atoms with E-state index in [4.69, 9.17) is 10.2 Å². The van der Waals surface area contributed by atoms with Crippen molar-refractivity contribution in [1.82, 2.24) is 0 Å². The molecular weight excluding hydrogens is 309 g/mol. The first-order valence-corrected chi connectivity index (χ1v) is 8.33. The van der Waals surface area contributed by atoms with Gasteiger partial charge in [-0.2, -0.15) is 0 Å². The smallest absolute Gasteiger partial charge is 0.359 e. The van der Waals surface area contributed by atoms with Crippen molar-refractivity contribution in [3.8, 4) is 0 Å². The van der Waals surface area contributed by atoms with Crippen molar-refractivity contribution in [3.63, 3.8) is 0 Å². The molecule has 0 saturated heterocycles. The summed E-state index contributed by atoms with van der Waals surface area (Å²) < 4.78 is 43.3. The van der Waals surface area contributed by atoms with Gasteiger partial charge < -0.3 is 10.2 Å². The van der Waals surface area contributed by atoms with Gasteiger partial charge in [-0.05, 0) is 48.7 Å². The van der Waals surface area contributed by atoms with Crippen molar-refractivity contribution >= 4 is 15.5 Å². The van der Waals surface area contributed by atoms with Crippen LogP contribution in [0.25, 0.3) is 0 Å². The van der Waals surface area contributed by atoms with Crippen LogP contribution in [-0.4, -0.2) is 13.7 Å². The maximum Gasteiger partial charge on any atom is 0.359 e. The molecule has 0 saturated carbocycles.